The molecule has 1 aromatic heterocycles. The van der Waals surface area contributed by atoms with Crippen molar-refractivity contribution in [2.75, 3.05) is 12.9 Å². The van der Waals surface area contributed by atoms with Gasteiger partial charge >= 0.3 is 5.97 Å². The van der Waals surface area contributed by atoms with Gasteiger partial charge in [-0.15, -0.1) is 10.2 Å². The van der Waals surface area contributed by atoms with Crippen molar-refractivity contribution in [3.63, 3.8) is 0 Å². The van der Waals surface area contributed by atoms with E-state index in [1.165, 1.54) is 37.1 Å². The Morgan fingerprint density at radius 1 is 1.48 bits per heavy atom. The molecule has 9 heteroatoms. The zero-order valence-corrected chi connectivity index (χ0v) is 14.3. The Bertz CT molecular complexity index is 711. The molecule has 0 fully saturated rings. The molecule has 0 aliphatic heterocycles. The molecule has 0 bridgehead atoms. The second-order valence-corrected chi connectivity index (χ2v) is 5.95. The van der Waals surface area contributed by atoms with Crippen LogP contribution >= 0.6 is 23.4 Å². The predicted octanol–water partition coefficient (Wildman–Crippen LogP) is 3.01. The van der Waals surface area contributed by atoms with E-state index in [1.807, 2.05) is 0 Å². The minimum Gasteiger partial charge on any atom is -0.481 e. The van der Waals surface area contributed by atoms with Crippen LogP contribution in [0.5, 0.6) is 5.75 Å². The Morgan fingerprint density at radius 3 is 2.87 bits per heavy atom. The molecule has 0 saturated carbocycles. The van der Waals surface area contributed by atoms with Crippen LogP contribution in [0.2, 0.25) is 5.02 Å². The molecule has 6 nitrogen and oxygen atoms in total. The average molecular weight is 360 g/mol. The zero-order chi connectivity index (χ0) is 17.0. The van der Waals surface area contributed by atoms with Gasteiger partial charge in [-0.1, -0.05) is 23.4 Å². The number of esters is 1. The quantitative estimate of drug-likeness (QED) is 0.583. The van der Waals surface area contributed by atoms with Gasteiger partial charge in [0.05, 0.1) is 17.9 Å². The van der Waals surface area contributed by atoms with Gasteiger partial charge in [0, 0.05) is 7.05 Å². The number of aromatic nitrogens is 3. The smallest absolute Gasteiger partial charge is 0.316 e. The van der Waals surface area contributed by atoms with Crippen molar-refractivity contribution >= 4 is 29.3 Å². The normalized spacial score (nSPS) is 12.0. The van der Waals surface area contributed by atoms with Crippen molar-refractivity contribution in [1.82, 2.24) is 14.8 Å². The molecule has 124 valence electrons. The van der Waals surface area contributed by atoms with E-state index in [-0.39, 0.29) is 16.7 Å². The Hall–Kier alpha value is -1.80. The third-order valence-electron chi connectivity index (χ3n) is 2.98. The van der Waals surface area contributed by atoms with Crippen LogP contribution in [0.1, 0.15) is 18.9 Å². The van der Waals surface area contributed by atoms with E-state index < -0.39 is 11.9 Å². The van der Waals surface area contributed by atoms with E-state index in [0.717, 1.165) is 0 Å². The number of hydrogen-bond acceptors (Lipinski definition) is 6. The van der Waals surface area contributed by atoms with Gasteiger partial charge in [-0.05, 0) is 25.1 Å². The third-order valence-corrected chi connectivity index (χ3v) is 4.27. The molecule has 0 aliphatic rings. The third kappa shape index (κ3) is 4.35. The summed E-state index contributed by atoms with van der Waals surface area (Å²) < 4.78 is 25.1. The van der Waals surface area contributed by atoms with Gasteiger partial charge in [0.25, 0.3) is 0 Å². The summed E-state index contributed by atoms with van der Waals surface area (Å²) >= 11 is 7.16. The summed E-state index contributed by atoms with van der Waals surface area (Å²) in [6.45, 7) is 1.78. The van der Waals surface area contributed by atoms with Gasteiger partial charge in [0.1, 0.15) is 11.6 Å². The SMILES string of the molecule is COC(=O)CSc1nnc(C(C)Oc2ccc(F)cc2Cl)n1C. The fraction of sp³-hybridized carbons (Fsp3) is 0.357. The lowest BCUT2D eigenvalue weighted by molar-refractivity contribution is -0.137. The van der Waals surface area contributed by atoms with Gasteiger partial charge in [-0.25, -0.2) is 4.39 Å². The number of thioether (sulfide) groups is 1. The Balaban J connectivity index is 2.09. The fourth-order valence-electron chi connectivity index (χ4n) is 1.80. The summed E-state index contributed by atoms with van der Waals surface area (Å²) in [4.78, 5) is 11.2. The molecule has 0 aliphatic carbocycles. The molecule has 23 heavy (non-hydrogen) atoms. The highest BCUT2D eigenvalue weighted by Gasteiger charge is 2.19. The van der Waals surface area contributed by atoms with E-state index in [9.17, 15) is 9.18 Å². The van der Waals surface area contributed by atoms with Crippen molar-refractivity contribution < 1.29 is 18.7 Å². The number of halogens is 2. The van der Waals surface area contributed by atoms with Gasteiger partial charge in [0.15, 0.2) is 17.1 Å². The molecular weight excluding hydrogens is 345 g/mol. The lowest BCUT2D eigenvalue weighted by atomic mass is 10.3. The predicted molar refractivity (Wildman–Crippen MR) is 84.2 cm³/mol. The lowest BCUT2D eigenvalue weighted by Gasteiger charge is -2.15. The lowest BCUT2D eigenvalue weighted by Crippen LogP contribution is -2.11. The first-order chi connectivity index (χ1) is 10.9. The van der Waals surface area contributed by atoms with Crippen LogP contribution in [-0.4, -0.2) is 33.6 Å². The topological polar surface area (TPSA) is 66.2 Å². The Morgan fingerprint density at radius 2 is 2.22 bits per heavy atom. The summed E-state index contributed by atoms with van der Waals surface area (Å²) in [7, 11) is 3.09. The molecule has 0 saturated heterocycles. The summed E-state index contributed by atoms with van der Waals surface area (Å²) in [6.07, 6.45) is -0.456. The average Bonchev–Trinajstić information content (AvgIpc) is 2.88. The van der Waals surface area contributed by atoms with E-state index in [4.69, 9.17) is 16.3 Å². The second-order valence-electron chi connectivity index (χ2n) is 4.60. The number of carbonyl (C=O) groups excluding carboxylic acids is 1. The molecule has 1 aromatic carbocycles. The maximum absolute atomic E-state index is 13.0. The van der Waals surface area contributed by atoms with Crippen LogP contribution in [0.15, 0.2) is 23.4 Å². The highest BCUT2D eigenvalue weighted by molar-refractivity contribution is 7.99. The zero-order valence-electron chi connectivity index (χ0n) is 12.7. The molecule has 0 N–H and O–H groups in total. The Kier molecular flexibility index (Phi) is 5.84. The standard InChI is InChI=1S/C14H15ClFN3O3S/c1-8(22-11-5-4-9(16)6-10(11)15)13-17-18-14(19(13)2)23-7-12(20)21-3/h4-6,8H,7H2,1-3H3. The van der Waals surface area contributed by atoms with E-state index in [1.54, 1.807) is 18.5 Å². The van der Waals surface area contributed by atoms with E-state index >= 15 is 0 Å². The molecule has 2 aromatic rings. The maximum Gasteiger partial charge on any atom is 0.316 e. The van der Waals surface area contributed by atoms with Gasteiger partial charge in [-0.3, -0.25) is 4.79 Å². The van der Waals surface area contributed by atoms with Gasteiger partial charge in [-0.2, -0.15) is 0 Å². The van der Waals surface area contributed by atoms with Crippen molar-refractivity contribution in [3.8, 4) is 5.75 Å². The summed E-state index contributed by atoms with van der Waals surface area (Å²) in [5.41, 5.74) is 0. The number of benzene rings is 1. The first-order valence-electron chi connectivity index (χ1n) is 6.63. The van der Waals surface area contributed by atoms with Crippen molar-refractivity contribution in [1.29, 1.82) is 0 Å². The minimum atomic E-state index is -0.456. The van der Waals surface area contributed by atoms with Crippen LogP contribution in [0.3, 0.4) is 0 Å². The highest BCUT2D eigenvalue weighted by Crippen LogP contribution is 2.29. The van der Waals surface area contributed by atoms with Crippen molar-refractivity contribution in [2.45, 2.75) is 18.2 Å². The second kappa shape index (κ2) is 7.65. The van der Waals surface area contributed by atoms with Crippen molar-refractivity contribution in [3.05, 3.63) is 34.9 Å². The molecular formula is C14H15ClFN3O3S. The van der Waals surface area contributed by atoms with Crippen LogP contribution < -0.4 is 4.74 Å². The van der Waals surface area contributed by atoms with E-state index in [2.05, 4.69) is 14.9 Å². The largest absolute Gasteiger partial charge is 0.481 e. The fourth-order valence-corrected chi connectivity index (χ4v) is 2.76. The summed E-state index contributed by atoms with van der Waals surface area (Å²) in [5, 5.41) is 8.82. The maximum atomic E-state index is 13.0. The molecule has 0 amide bonds. The first-order valence-corrected chi connectivity index (χ1v) is 7.99. The van der Waals surface area contributed by atoms with Crippen LogP contribution in [-0.2, 0) is 16.6 Å². The van der Waals surface area contributed by atoms with Crippen LogP contribution in [0.4, 0.5) is 4.39 Å². The van der Waals surface area contributed by atoms with Crippen LogP contribution in [0, 0.1) is 5.82 Å². The monoisotopic (exact) mass is 359 g/mol. The first kappa shape index (κ1) is 17.6. The van der Waals surface area contributed by atoms with Gasteiger partial charge in [0.2, 0.25) is 0 Å². The number of rotatable bonds is 6. The molecule has 0 radical (unpaired) electrons. The van der Waals surface area contributed by atoms with Gasteiger partial charge < -0.3 is 14.0 Å². The minimum absolute atomic E-state index is 0.140. The highest BCUT2D eigenvalue weighted by atomic mass is 35.5. The number of methoxy groups -OCH3 is 1. The number of nitrogens with zero attached hydrogens (tertiary/aromatic N) is 3. The van der Waals surface area contributed by atoms with Crippen LogP contribution in [0.25, 0.3) is 0 Å². The summed E-state index contributed by atoms with van der Waals surface area (Å²) in [5.74, 6) is 0.267. The molecule has 0 spiro atoms. The molecule has 1 atom stereocenters. The molecule has 1 unspecified atom stereocenters. The molecule has 1 heterocycles. The Labute approximate surface area is 141 Å². The number of hydrogen-bond donors (Lipinski definition) is 0. The van der Waals surface area contributed by atoms with E-state index in [0.29, 0.717) is 16.7 Å². The number of ether oxygens (including phenoxy) is 2. The molecule has 2 rings (SSSR count). The van der Waals surface area contributed by atoms with Crippen molar-refractivity contribution in [2.24, 2.45) is 7.05 Å². The summed E-state index contributed by atoms with van der Waals surface area (Å²) in [6, 6.07) is 3.90. The number of carbonyl (C=O) groups is 1.